The van der Waals surface area contributed by atoms with Crippen molar-refractivity contribution in [3.63, 3.8) is 0 Å². The lowest BCUT2D eigenvalue weighted by Gasteiger charge is -2.15. The fourth-order valence-electron chi connectivity index (χ4n) is 3.71. The first-order chi connectivity index (χ1) is 13.6. The van der Waals surface area contributed by atoms with E-state index in [0.29, 0.717) is 23.3 Å². The van der Waals surface area contributed by atoms with E-state index >= 15 is 0 Å². The van der Waals surface area contributed by atoms with Gasteiger partial charge in [0.15, 0.2) is 11.8 Å². The Morgan fingerprint density at radius 1 is 1.25 bits per heavy atom. The van der Waals surface area contributed by atoms with Crippen LogP contribution in [0.15, 0.2) is 18.2 Å². The van der Waals surface area contributed by atoms with Gasteiger partial charge >= 0.3 is 0 Å². The van der Waals surface area contributed by atoms with Crippen molar-refractivity contribution in [3.05, 3.63) is 38.7 Å². The lowest BCUT2D eigenvalue weighted by molar-refractivity contribution is 0.00706. The molecule has 0 saturated carbocycles. The molecule has 0 radical (unpaired) electrons. The van der Waals surface area contributed by atoms with Crippen LogP contribution in [-0.4, -0.2) is 57.7 Å². The summed E-state index contributed by atoms with van der Waals surface area (Å²) in [7, 11) is 0. The van der Waals surface area contributed by atoms with E-state index in [1.165, 1.54) is 9.75 Å². The number of nitrogens with zero attached hydrogens (tertiary/aromatic N) is 2. The molecule has 28 heavy (non-hydrogen) atoms. The molecule has 9 heteroatoms. The first-order valence-corrected chi connectivity index (χ1v) is 10.4. The Morgan fingerprint density at radius 2 is 2.11 bits per heavy atom. The quantitative estimate of drug-likeness (QED) is 0.658. The summed E-state index contributed by atoms with van der Waals surface area (Å²) in [5.41, 5.74) is 2.11. The van der Waals surface area contributed by atoms with E-state index in [0.717, 1.165) is 24.1 Å². The average molecular weight is 422 g/mol. The van der Waals surface area contributed by atoms with Crippen molar-refractivity contribution in [2.45, 2.75) is 44.2 Å². The molecule has 2 N–H and O–H groups in total. The van der Waals surface area contributed by atoms with Crippen molar-refractivity contribution in [3.8, 4) is 6.01 Å². The number of hydrogen-bond acceptors (Lipinski definition) is 7. The molecule has 0 aromatic carbocycles. The number of imidazole rings is 1. The summed E-state index contributed by atoms with van der Waals surface area (Å²) in [6.07, 6.45) is 0.0966. The predicted molar refractivity (Wildman–Crippen MR) is 105 cm³/mol. The Bertz CT molecular complexity index is 1010. The second kappa shape index (κ2) is 7.27. The topological polar surface area (TPSA) is 89.5 Å². The number of thiophene rings is 1. The van der Waals surface area contributed by atoms with Gasteiger partial charge in [-0.05, 0) is 38.0 Å². The van der Waals surface area contributed by atoms with E-state index in [-0.39, 0.29) is 24.9 Å². The third-order valence-corrected chi connectivity index (χ3v) is 6.51. The number of aliphatic hydroxyl groups excluding tert-OH is 1. The molecule has 0 amide bonds. The van der Waals surface area contributed by atoms with Gasteiger partial charge in [0, 0.05) is 9.75 Å². The van der Waals surface area contributed by atoms with E-state index in [2.05, 4.69) is 34.0 Å². The summed E-state index contributed by atoms with van der Waals surface area (Å²) < 4.78 is 17.1. The van der Waals surface area contributed by atoms with Crippen molar-refractivity contribution in [1.29, 1.82) is 0 Å². The zero-order valence-electron chi connectivity index (χ0n) is 15.2. The van der Waals surface area contributed by atoms with Gasteiger partial charge in [0.25, 0.3) is 6.01 Å². The average Bonchev–Trinajstić information content (AvgIpc) is 3.41. The van der Waals surface area contributed by atoms with Crippen molar-refractivity contribution < 1.29 is 19.3 Å². The molecule has 0 unspecified atom stereocenters. The SMILES string of the molecule is Cc1ccc(CCc2nc3nc(O[C@@H]4CO[C@H]5[C@@H]4OC[C@H]5O)[nH]c3cc2Cl)s1. The zero-order chi connectivity index (χ0) is 19.3. The maximum absolute atomic E-state index is 9.84. The molecule has 2 fully saturated rings. The van der Waals surface area contributed by atoms with Crippen LogP contribution in [-0.2, 0) is 22.3 Å². The molecule has 7 nitrogen and oxygen atoms in total. The van der Waals surface area contributed by atoms with Gasteiger partial charge in [0.2, 0.25) is 0 Å². The Kier molecular flexibility index (Phi) is 4.76. The summed E-state index contributed by atoms with van der Waals surface area (Å²) in [5, 5.41) is 10.5. The van der Waals surface area contributed by atoms with Gasteiger partial charge in [0.1, 0.15) is 18.3 Å². The van der Waals surface area contributed by atoms with Crippen LogP contribution in [0.5, 0.6) is 6.01 Å². The summed E-state index contributed by atoms with van der Waals surface area (Å²) in [5.74, 6) is 0. The molecule has 2 aliphatic rings. The number of aliphatic hydroxyl groups is 1. The number of hydrogen-bond donors (Lipinski definition) is 2. The maximum Gasteiger partial charge on any atom is 0.296 e. The number of aryl methyl sites for hydroxylation is 3. The molecule has 2 aliphatic heterocycles. The standard InChI is InChI=1S/C19H20ClN3O4S/c1-9-2-3-10(28-9)4-5-12-11(20)6-13-18(21-12)23-19(22-13)27-15-8-26-16-14(24)7-25-17(15)16/h2-3,6,14-17,24H,4-5,7-8H2,1H3,(H,21,22,23)/t14-,15-,16-,17-/m1/s1. The highest BCUT2D eigenvalue weighted by atomic mass is 35.5. The molecule has 148 valence electrons. The number of halogens is 1. The molecule has 3 aromatic heterocycles. The van der Waals surface area contributed by atoms with Crippen LogP contribution < -0.4 is 4.74 Å². The van der Waals surface area contributed by atoms with Gasteiger partial charge in [-0.15, -0.1) is 11.3 Å². The van der Waals surface area contributed by atoms with E-state index in [9.17, 15) is 5.11 Å². The largest absolute Gasteiger partial charge is 0.456 e. The number of fused-ring (bicyclic) bond motifs is 2. The molecule has 2 saturated heterocycles. The Hall–Kier alpha value is -1.71. The number of nitrogens with one attached hydrogen (secondary N) is 1. The van der Waals surface area contributed by atoms with Crippen LogP contribution in [0.1, 0.15) is 15.4 Å². The Morgan fingerprint density at radius 3 is 2.93 bits per heavy atom. The van der Waals surface area contributed by atoms with Gasteiger partial charge in [-0.3, -0.25) is 0 Å². The molecular weight excluding hydrogens is 402 g/mol. The Balaban J connectivity index is 1.32. The highest BCUT2D eigenvalue weighted by Gasteiger charge is 2.48. The summed E-state index contributed by atoms with van der Waals surface area (Å²) in [4.78, 5) is 14.8. The third-order valence-electron chi connectivity index (χ3n) is 5.13. The normalized spacial score (nSPS) is 26.8. The fraction of sp³-hybridized carbons (Fsp3) is 0.474. The van der Waals surface area contributed by atoms with Crippen LogP contribution >= 0.6 is 22.9 Å². The third kappa shape index (κ3) is 3.40. The number of aromatic amines is 1. The fourth-order valence-corrected chi connectivity index (χ4v) is 4.85. The molecule has 4 atom stereocenters. The smallest absolute Gasteiger partial charge is 0.296 e. The summed E-state index contributed by atoms with van der Waals surface area (Å²) >= 11 is 8.22. The van der Waals surface area contributed by atoms with Crippen LogP contribution in [0.3, 0.4) is 0 Å². The maximum atomic E-state index is 9.84. The molecule has 5 heterocycles. The van der Waals surface area contributed by atoms with Crippen molar-refractivity contribution in [1.82, 2.24) is 15.0 Å². The summed E-state index contributed by atoms with van der Waals surface area (Å²) in [6.45, 7) is 2.72. The second-order valence-electron chi connectivity index (χ2n) is 7.16. The molecule has 0 spiro atoms. The lowest BCUT2D eigenvalue weighted by Crippen LogP contribution is -2.34. The van der Waals surface area contributed by atoms with E-state index < -0.39 is 6.10 Å². The van der Waals surface area contributed by atoms with Gasteiger partial charge in [0.05, 0.1) is 29.4 Å². The predicted octanol–water partition coefficient (Wildman–Crippen LogP) is 2.67. The van der Waals surface area contributed by atoms with Crippen LogP contribution in [0, 0.1) is 6.92 Å². The number of aromatic nitrogens is 3. The van der Waals surface area contributed by atoms with Crippen LogP contribution in [0.25, 0.3) is 11.2 Å². The molecule has 3 aromatic rings. The van der Waals surface area contributed by atoms with Gasteiger partial charge < -0.3 is 24.3 Å². The first kappa shape index (κ1) is 18.3. The van der Waals surface area contributed by atoms with Crippen molar-refractivity contribution >= 4 is 34.1 Å². The van der Waals surface area contributed by atoms with Crippen LogP contribution in [0.4, 0.5) is 0 Å². The minimum absolute atomic E-state index is 0.264. The van der Waals surface area contributed by atoms with Gasteiger partial charge in [-0.2, -0.15) is 4.98 Å². The minimum Gasteiger partial charge on any atom is -0.456 e. The summed E-state index contributed by atoms with van der Waals surface area (Å²) in [6, 6.07) is 6.46. The molecular formula is C19H20ClN3O4S. The Labute approximate surface area is 170 Å². The number of pyridine rings is 1. The number of H-pyrrole nitrogens is 1. The highest BCUT2D eigenvalue weighted by Crippen LogP contribution is 2.30. The van der Waals surface area contributed by atoms with E-state index in [1.54, 1.807) is 11.3 Å². The number of ether oxygens (including phenoxy) is 3. The monoisotopic (exact) mass is 421 g/mol. The lowest BCUT2D eigenvalue weighted by atomic mass is 10.1. The zero-order valence-corrected chi connectivity index (χ0v) is 16.8. The van der Waals surface area contributed by atoms with Gasteiger partial charge in [-0.1, -0.05) is 11.6 Å². The molecule has 0 aliphatic carbocycles. The van der Waals surface area contributed by atoms with Crippen molar-refractivity contribution in [2.75, 3.05) is 13.2 Å². The first-order valence-electron chi connectivity index (χ1n) is 9.25. The number of rotatable bonds is 5. The van der Waals surface area contributed by atoms with E-state index in [1.807, 2.05) is 6.07 Å². The minimum atomic E-state index is -0.607. The highest BCUT2D eigenvalue weighted by molar-refractivity contribution is 7.11. The molecule has 5 rings (SSSR count). The van der Waals surface area contributed by atoms with Crippen LogP contribution in [0.2, 0.25) is 5.02 Å². The molecule has 0 bridgehead atoms. The van der Waals surface area contributed by atoms with Crippen molar-refractivity contribution in [2.24, 2.45) is 0 Å². The second-order valence-corrected chi connectivity index (χ2v) is 8.94. The van der Waals surface area contributed by atoms with Gasteiger partial charge in [-0.25, -0.2) is 4.98 Å². The van der Waals surface area contributed by atoms with E-state index in [4.69, 9.17) is 25.8 Å².